The van der Waals surface area contributed by atoms with Crippen molar-refractivity contribution >= 4 is 23.5 Å². The average Bonchev–Trinajstić information content (AvgIpc) is 3.12. The lowest BCUT2D eigenvalue weighted by Gasteiger charge is -2.40. The maximum atomic E-state index is 4.26. The Kier molecular flexibility index (Phi) is 6.94. The van der Waals surface area contributed by atoms with Gasteiger partial charge in [-0.15, -0.1) is 23.5 Å². The summed E-state index contributed by atoms with van der Waals surface area (Å²) in [5.74, 6) is 1.30. The van der Waals surface area contributed by atoms with Crippen molar-refractivity contribution < 1.29 is 0 Å². The lowest BCUT2D eigenvalue weighted by Crippen LogP contribution is -2.34. The minimum Gasteiger partial charge on any atom is -0.335 e. The predicted molar refractivity (Wildman–Crippen MR) is 112 cm³/mol. The normalized spacial score (nSPS) is 23.7. The number of aromatic nitrogens is 2. The molecule has 1 aliphatic rings. The predicted octanol–water partition coefficient (Wildman–Crippen LogP) is 5.95. The van der Waals surface area contributed by atoms with Crippen molar-refractivity contribution in [3.05, 3.63) is 54.1 Å². The van der Waals surface area contributed by atoms with Crippen molar-refractivity contribution in [3.63, 3.8) is 0 Å². The van der Waals surface area contributed by atoms with Crippen LogP contribution in [-0.4, -0.2) is 24.6 Å². The van der Waals surface area contributed by atoms with Gasteiger partial charge in [-0.1, -0.05) is 49.6 Å². The molecule has 4 heteroatoms. The summed E-state index contributed by atoms with van der Waals surface area (Å²) in [6.45, 7) is 5.53. The second-order valence-corrected chi connectivity index (χ2v) is 10.6. The minimum atomic E-state index is 0.280. The number of nitrogens with zero attached hydrogens (tertiary/aromatic N) is 2. The molecule has 1 aliphatic heterocycles. The first-order chi connectivity index (χ1) is 12.2. The first-order valence-corrected chi connectivity index (χ1v) is 11.4. The van der Waals surface area contributed by atoms with Crippen molar-refractivity contribution in [1.29, 1.82) is 0 Å². The molecule has 1 saturated heterocycles. The summed E-state index contributed by atoms with van der Waals surface area (Å²) in [6, 6.07) is 9.08. The lowest BCUT2D eigenvalue weighted by molar-refractivity contribution is 0.572. The van der Waals surface area contributed by atoms with Crippen LogP contribution in [0.3, 0.4) is 0 Å². The molecular weight excluding hydrogens is 344 g/mol. The Morgan fingerprint density at radius 1 is 1.28 bits per heavy atom. The van der Waals surface area contributed by atoms with E-state index in [0.717, 1.165) is 18.2 Å². The molecule has 2 aromatic rings. The van der Waals surface area contributed by atoms with Gasteiger partial charge in [-0.05, 0) is 43.9 Å². The van der Waals surface area contributed by atoms with E-state index in [0.29, 0.717) is 0 Å². The smallest absolute Gasteiger partial charge is 0.0946 e. The topological polar surface area (TPSA) is 17.8 Å². The first-order valence-electron chi connectivity index (χ1n) is 9.52. The van der Waals surface area contributed by atoms with E-state index in [1.165, 1.54) is 49.0 Å². The molecule has 136 valence electrons. The molecule has 2 heterocycles. The molecule has 1 fully saturated rings. The van der Waals surface area contributed by atoms with Crippen LogP contribution in [0.4, 0.5) is 0 Å². The van der Waals surface area contributed by atoms with Crippen molar-refractivity contribution in [2.75, 3.05) is 5.75 Å². The van der Waals surface area contributed by atoms with Crippen LogP contribution in [0, 0.1) is 6.92 Å². The van der Waals surface area contributed by atoms with Crippen molar-refractivity contribution in [2.24, 2.45) is 0 Å². The third kappa shape index (κ3) is 5.55. The number of imidazole rings is 1. The van der Waals surface area contributed by atoms with Crippen LogP contribution in [0.25, 0.3) is 0 Å². The van der Waals surface area contributed by atoms with Crippen LogP contribution in [-0.2, 0) is 13.0 Å². The monoisotopic (exact) mass is 374 g/mol. The fourth-order valence-electron chi connectivity index (χ4n) is 3.45. The number of aryl methyl sites for hydroxylation is 2. The molecular formula is C21H30N2S2. The van der Waals surface area contributed by atoms with Gasteiger partial charge in [-0.2, -0.15) is 0 Å². The van der Waals surface area contributed by atoms with E-state index in [-0.39, 0.29) is 4.08 Å². The van der Waals surface area contributed by atoms with Gasteiger partial charge in [0, 0.05) is 24.2 Å². The number of benzene rings is 1. The number of rotatable bonds is 8. The number of hydrogen-bond acceptors (Lipinski definition) is 3. The molecule has 0 spiro atoms. The van der Waals surface area contributed by atoms with Crippen LogP contribution in [0.2, 0.25) is 0 Å². The summed E-state index contributed by atoms with van der Waals surface area (Å²) in [7, 11) is 0. The minimum absolute atomic E-state index is 0.280. The summed E-state index contributed by atoms with van der Waals surface area (Å²) in [5, 5.41) is 0.822. The van der Waals surface area contributed by atoms with Crippen LogP contribution in [0.1, 0.15) is 50.2 Å². The molecule has 3 rings (SSSR count). The van der Waals surface area contributed by atoms with E-state index in [9.17, 15) is 0 Å². The van der Waals surface area contributed by atoms with E-state index < -0.39 is 0 Å². The fraction of sp³-hybridized carbons (Fsp3) is 0.571. The Balaban J connectivity index is 1.70. The standard InChI is InChI=1S/C21H30N2S2/c1-3-4-5-20-11-15-24-21(25-20,16-23-14-13-22-17-23)12-10-19-8-6-18(2)7-9-19/h6-9,13-14,17,20H,3-5,10-12,15-16H2,1-2H3. The van der Waals surface area contributed by atoms with E-state index in [1.807, 2.05) is 12.5 Å². The van der Waals surface area contributed by atoms with Crippen LogP contribution >= 0.6 is 23.5 Å². The number of thioether (sulfide) groups is 2. The molecule has 25 heavy (non-hydrogen) atoms. The van der Waals surface area contributed by atoms with Gasteiger partial charge in [0.25, 0.3) is 0 Å². The summed E-state index contributed by atoms with van der Waals surface area (Å²) >= 11 is 4.44. The van der Waals surface area contributed by atoms with Crippen molar-refractivity contribution in [3.8, 4) is 0 Å². The molecule has 0 amide bonds. The average molecular weight is 375 g/mol. The molecule has 0 radical (unpaired) electrons. The van der Waals surface area contributed by atoms with Crippen LogP contribution < -0.4 is 0 Å². The highest BCUT2D eigenvalue weighted by molar-refractivity contribution is 8.19. The Labute approximate surface area is 161 Å². The Morgan fingerprint density at radius 3 is 2.84 bits per heavy atom. The summed E-state index contributed by atoms with van der Waals surface area (Å²) in [5.41, 5.74) is 2.81. The van der Waals surface area contributed by atoms with Gasteiger partial charge < -0.3 is 4.57 Å². The third-order valence-electron chi connectivity index (χ3n) is 4.96. The quantitative estimate of drug-likeness (QED) is 0.568. The second-order valence-electron chi connectivity index (χ2n) is 7.15. The van der Waals surface area contributed by atoms with Gasteiger partial charge in [0.1, 0.15) is 0 Å². The molecule has 2 nitrogen and oxygen atoms in total. The van der Waals surface area contributed by atoms with Crippen molar-refractivity contribution in [2.45, 2.75) is 68.2 Å². The molecule has 0 aliphatic carbocycles. The maximum absolute atomic E-state index is 4.26. The highest BCUT2D eigenvalue weighted by atomic mass is 32.2. The number of hydrogen-bond donors (Lipinski definition) is 0. The molecule has 2 unspecified atom stereocenters. The van der Waals surface area contributed by atoms with Gasteiger partial charge in [-0.3, -0.25) is 0 Å². The maximum Gasteiger partial charge on any atom is 0.0946 e. The Bertz CT molecular complexity index is 624. The van der Waals surface area contributed by atoms with Gasteiger partial charge in [0.2, 0.25) is 0 Å². The van der Waals surface area contributed by atoms with Crippen LogP contribution in [0.15, 0.2) is 43.0 Å². The van der Waals surface area contributed by atoms with Crippen molar-refractivity contribution in [1.82, 2.24) is 9.55 Å². The zero-order valence-corrected chi connectivity index (χ0v) is 17.1. The molecule has 2 atom stereocenters. The molecule has 0 bridgehead atoms. The molecule has 0 saturated carbocycles. The van der Waals surface area contributed by atoms with Gasteiger partial charge in [0.15, 0.2) is 0 Å². The highest BCUT2D eigenvalue weighted by Crippen LogP contribution is 2.50. The molecule has 1 aromatic heterocycles. The fourth-order valence-corrected chi connectivity index (χ4v) is 7.36. The van der Waals surface area contributed by atoms with Gasteiger partial charge in [-0.25, -0.2) is 4.98 Å². The number of unbranched alkanes of at least 4 members (excludes halogenated alkanes) is 1. The summed E-state index contributed by atoms with van der Waals surface area (Å²) in [4.78, 5) is 4.26. The largest absolute Gasteiger partial charge is 0.335 e. The van der Waals surface area contributed by atoms with Gasteiger partial charge in [0.05, 0.1) is 10.4 Å². The van der Waals surface area contributed by atoms with E-state index >= 15 is 0 Å². The third-order valence-corrected chi connectivity index (χ3v) is 8.47. The van der Waals surface area contributed by atoms with E-state index in [4.69, 9.17) is 0 Å². The molecule has 1 aromatic carbocycles. The Hall–Kier alpha value is -0.870. The Morgan fingerprint density at radius 2 is 2.12 bits per heavy atom. The zero-order chi connectivity index (χ0) is 17.5. The second kappa shape index (κ2) is 9.18. The lowest BCUT2D eigenvalue weighted by atomic mass is 10.1. The van der Waals surface area contributed by atoms with Gasteiger partial charge >= 0.3 is 0 Å². The summed E-state index contributed by atoms with van der Waals surface area (Å²) < 4.78 is 2.56. The van der Waals surface area contributed by atoms with Crippen LogP contribution in [0.5, 0.6) is 0 Å². The summed E-state index contributed by atoms with van der Waals surface area (Å²) in [6.07, 6.45) is 13.8. The molecule has 0 N–H and O–H groups in total. The highest BCUT2D eigenvalue weighted by Gasteiger charge is 2.37. The zero-order valence-electron chi connectivity index (χ0n) is 15.5. The van der Waals surface area contributed by atoms with E-state index in [2.05, 4.69) is 77.4 Å². The SMILES string of the molecule is CCCCC1CCSC(CCc2ccc(C)cc2)(Cn2ccnc2)S1. The first kappa shape index (κ1) is 18.9. The van der Waals surface area contributed by atoms with E-state index in [1.54, 1.807) is 0 Å².